The van der Waals surface area contributed by atoms with Crippen molar-refractivity contribution in [2.75, 3.05) is 19.1 Å². The van der Waals surface area contributed by atoms with E-state index in [0.29, 0.717) is 10.9 Å². The summed E-state index contributed by atoms with van der Waals surface area (Å²) in [6.45, 7) is 4.27. The van der Waals surface area contributed by atoms with E-state index in [1.165, 1.54) is 11.1 Å². The van der Waals surface area contributed by atoms with Gasteiger partial charge in [-0.05, 0) is 85.7 Å². The molecule has 3 heterocycles. The van der Waals surface area contributed by atoms with E-state index >= 15 is 0 Å². The number of methoxy groups -OCH3 is 2. The molecule has 6 nitrogen and oxygen atoms in total. The van der Waals surface area contributed by atoms with Gasteiger partial charge in [-0.1, -0.05) is 12.1 Å². The number of benzene rings is 2. The van der Waals surface area contributed by atoms with Gasteiger partial charge in [0.2, 0.25) is 0 Å². The third kappa shape index (κ3) is 4.12. The zero-order chi connectivity index (χ0) is 24.5. The third-order valence-electron chi connectivity index (χ3n) is 6.60. The van der Waals surface area contributed by atoms with Crippen LogP contribution in [0, 0.1) is 13.8 Å². The normalized spacial score (nSPS) is 17.4. The molecule has 2 aromatic heterocycles. The molecule has 7 heteroatoms. The Morgan fingerprint density at radius 3 is 2.49 bits per heavy atom. The Kier molecular flexibility index (Phi) is 6.17. The van der Waals surface area contributed by atoms with Crippen LogP contribution in [0.4, 0.5) is 5.69 Å². The second-order valence-electron chi connectivity index (χ2n) is 8.61. The molecule has 2 aromatic carbocycles. The van der Waals surface area contributed by atoms with E-state index in [4.69, 9.17) is 21.7 Å². The highest BCUT2D eigenvalue weighted by atomic mass is 32.1. The minimum atomic E-state index is -0.185. The first-order valence-electron chi connectivity index (χ1n) is 11.5. The minimum absolute atomic E-state index is 0.167. The molecular weight excluding hydrogens is 456 g/mol. The molecule has 35 heavy (non-hydrogen) atoms. The highest BCUT2D eigenvalue weighted by molar-refractivity contribution is 7.80. The fourth-order valence-electron chi connectivity index (χ4n) is 4.65. The van der Waals surface area contributed by atoms with Crippen LogP contribution in [0.2, 0.25) is 0 Å². The van der Waals surface area contributed by atoms with E-state index in [1.54, 1.807) is 14.2 Å². The second kappa shape index (κ2) is 9.43. The predicted octanol–water partition coefficient (Wildman–Crippen LogP) is 5.68. The third-order valence-corrected chi connectivity index (χ3v) is 6.91. The molecule has 0 bridgehead atoms. The van der Waals surface area contributed by atoms with Gasteiger partial charge in [0.15, 0.2) is 5.11 Å². The smallest absolute Gasteiger partial charge is 0.174 e. The van der Waals surface area contributed by atoms with Crippen LogP contribution in [0.15, 0.2) is 79.1 Å². The zero-order valence-corrected chi connectivity index (χ0v) is 21.0. The van der Waals surface area contributed by atoms with Gasteiger partial charge in [-0.3, -0.25) is 4.98 Å². The first-order chi connectivity index (χ1) is 17.0. The van der Waals surface area contributed by atoms with Crippen molar-refractivity contribution in [3.05, 3.63) is 102 Å². The summed E-state index contributed by atoms with van der Waals surface area (Å²) in [5.74, 6) is 1.44. The van der Waals surface area contributed by atoms with Crippen LogP contribution in [0.3, 0.4) is 0 Å². The number of hydrogen-bond acceptors (Lipinski definition) is 4. The van der Waals surface area contributed by atoms with Crippen LogP contribution in [0.25, 0.3) is 5.69 Å². The lowest BCUT2D eigenvalue weighted by Crippen LogP contribution is -2.30. The van der Waals surface area contributed by atoms with Gasteiger partial charge in [0.1, 0.15) is 17.5 Å². The van der Waals surface area contributed by atoms with Crippen LogP contribution in [-0.2, 0) is 0 Å². The van der Waals surface area contributed by atoms with Gasteiger partial charge >= 0.3 is 0 Å². The summed E-state index contributed by atoms with van der Waals surface area (Å²) in [5.41, 5.74) is 6.44. The molecule has 1 aliphatic heterocycles. The SMILES string of the molecule is COc1ccc(OC)c(N2C(=S)N[C@H](c3ccccn3)[C@H]2c2cccn2-c2ccc(C)c(C)c2)c1. The Labute approximate surface area is 211 Å². The lowest BCUT2D eigenvalue weighted by atomic mass is 10.00. The summed E-state index contributed by atoms with van der Waals surface area (Å²) in [5, 5.41) is 4.13. The fraction of sp³-hybridized carbons (Fsp3) is 0.214. The summed E-state index contributed by atoms with van der Waals surface area (Å²) in [4.78, 5) is 6.79. The van der Waals surface area contributed by atoms with Crippen molar-refractivity contribution < 1.29 is 9.47 Å². The molecule has 0 aliphatic carbocycles. The number of hydrogen-bond donors (Lipinski definition) is 1. The quantitative estimate of drug-likeness (QED) is 0.355. The fourth-order valence-corrected chi connectivity index (χ4v) is 4.98. The Morgan fingerprint density at radius 2 is 1.77 bits per heavy atom. The van der Waals surface area contributed by atoms with Gasteiger partial charge < -0.3 is 24.3 Å². The number of pyridine rings is 1. The second-order valence-corrected chi connectivity index (χ2v) is 8.99. The molecule has 1 saturated heterocycles. The van der Waals surface area contributed by atoms with E-state index in [2.05, 4.69) is 70.1 Å². The van der Waals surface area contributed by atoms with E-state index in [0.717, 1.165) is 28.5 Å². The summed E-state index contributed by atoms with van der Waals surface area (Å²) >= 11 is 5.92. The molecule has 0 saturated carbocycles. The molecule has 0 radical (unpaired) electrons. The van der Waals surface area contributed by atoms with Gasteiger partial charge in [-0.25, -0.2) is 0 Å². The van der Waals surface area contributed by atoms with Gasteiger partial charge in [0, 0.05) is 29.8 Å². The van der Waals surface area contributed by atoms with E-state index in [9.17, 15) is 0 Å². The monoisotopic (exact) mass is 484 g/mol. The lowest BCUT2D eigenvalue weighted by molar-refractivity contribution is 0.402. The maximum atomic E-state index is 5.92. The Bertz CT molecular complexity index is 1370. The summed E-state index contributed by atoms with van der Waals surface area (Å²) in [6, 6.07) is 22.1. The van der Waals surface area contributed by atoms with E-state index in [-0.39, 0.29) is 12.1 Å². The van der Waals surface area contributed by atoms with Crippen LogP contribution in [-0.4, -0.2) is 28.9 Å². The molecule has 5 rings (SSSR count). The number of nitrogens with zero attached hydrogens (tertiary/aromatic N) is 3. The highest BCUT2D eigenvalue weighted by Gasteiger charge is 2.43. The predicted molar refractivity (Wildman–Crippen MR) is 143 cm³/mol. The molecule has 1 N–H and O–H groups in total. The first kappa shape index (κ1) is 22.9. The standard InChI is InChI=1S/C28H28N4O2S/c1-18-10-11-20(16-19(18)2)31-15-7-9-23(31)27-26(22-8-5-6-14-29-22)30-28(35)32(27)24-17-21(33-3)12-13-25(24)34-4/h5-17,26-27H,1-4H3,(H,30,35)/t26-,27-/m1/s1. The maximum absolute atomic E-state index is 5.92. The van der Waals surface area contributed by atoms with Crippen molar-refractivity contribution in [1.29, 1.82) is 0 Å². The van der Waals surface area contributed by atoms with Gasteiger partial charge in [-0.2, -0.15) is 0 Å². The van der Waals surface area contributed by atoms with Crippen molar-refractivity contribution in [3.8, 4) is 17.2 Å². The molecule has 178 valence electrons. The molecule has 2 atom stereocenters. The molecule has 4 aromatic rings. The number of aromatic nitrogens is 2. The Hall–Kier alpha value is -3.84. The number of thiocarbonyl (C=S) groups is 1. The lowest BCUT2D eigenvalue weighted by Gasteiger charge is -2.30. The van der Waals surface area contributed by atoms with E-state index in [1.807, 2.05) is 42.6 Å². The van der Waals surface area contributed by atoms with Crippen molar-refractivity contribution in [2.24, 2.45) is 0 Å². The van der Waals surface area contributed by atoms with Crippen LogP contribution >= 0.6 is 12.2 Å². The number of anilines is 1. The van der Waals surface area contributed by atoms with Crippen molar-refractivity contribution >= 4 is 23.0 Å². The van der Waals surface area contributed by atoms with Crippen molar-refractivity contribution in [1.82, 2.24) is 14.9 Å². The number of nitrogens with one attached hydrogen (secondary N) is 1. The van der Waals surface area contributed by atoms with Gasteiger partial charge in [-0.15, -0.1) is 0 Å². The average Bonchev–Trinajstić information content (AvgIpc) is 3.50. The molecular formula is C28H28N4O2S. The number of ether oxygens (including phenoxy) is 2. The summed E-state index contributed by atoms with van der Waals surface area (Å²) < 4.78 is 13.5. The molecule has 0 unspecified atom stereocenters. The molecule has 1 aliphatic rings. The van der Waals surface area contributed by atoms with E-state index < -0.39 is 0 Å². The maximum Gasteiger partial charge on any atom is 0.174 e. The largest absolute Gasteiger partial charge is 0.497 e. The van der Waals surface area contributed by atoms with Gasteiger partial charge in [0.25, 0.3) is 0 Å². The first-order valence-corrected chi connectivity index (χ1v) is 11.9. The molecule has 0 spiro atoms. The summed E-state index contributed by atoms with van der Waals surface area (Å²) in [6.07, 6.45) is 3.91. The minimum Gasteiger partial charge on any atom is -0.497 e. The van der Waals surface area contributed by atoms with Crippen molar-refractivity contribution in [3.63, 3.8) is 0 Å². The number of rotatable bonds is 6. The topological polar surface area (TPSA) is 51.6 Å². The zero-order valence-electron chi connectivity index (χ0n) is 20.2. The summed E-state index contributed by atoms with van der Waals surface area (Å²) in [7, 11) is 3.33. The highest BCUT2D eigenvalue weighted by Crippen LogP contribution is 2.46. The van der Waals surface area contributed by atoms with Crippen LogP contribution in [0.1, 0.15) is 34.6 Å². The van der Waals surface area contributed by atoms with Crippen molar-refractivity contribution in [2.45, 2.75) is 25.9 Å². The average molecular weight is 485 g/mol. The molecule has 1 fully saturated rings. The Balaban J connectivity index is 1.71. The van der Waals surface area contributed by atoms with Crippen LogP contribution in [0.5, 0.6) is 11.5 Å². The Morgan fingerprint density at radius 1 is 0.914 bits per heavy atom. The number of aryl methyl sites for hydroxylation is 2. The van der Waals surface area contributed by atoms with Crippen LogP contribution < -0.4 is 19.7 Å². The molecule has 0 amide bonds. The van der Waals surface area contributed by atoms with Gasteiger partial charge in [0.05, 0.1) is 31.6 Å².